The first kappa shape index (κ1) is 18.1. The molecule has 0 radical (unpaired) electrons. The van der Waals surface area contributed by atoms with E-state index in [-0.39, 0.29) is 17.7 Å². The minimum atomic E-state index is -3.75. The van der Waals surface area contributed by atoms with Gasteiger partial charge >= 0.3 is 0 Å². The molecule has 0 aliphatic carbocycles. The van der Waals surface area contributed by atoms with E-state index in [1.807, 2.05) is 19.0 Å². The van der Waals surface area contributed by atoms with Crippen LogP contribution < -0.4 is 4.72 Å². The van der Waals surface area contributed by atoms with E-state index >= 15 is 0 Å². The quantitative estimate of drug-likeness (QED) is 0.647. The summed E-state index contributed by atoms with van der Waals surface area (Å²) >= 11 is 0. The predicted octanol–water partition coefficient (Wildman–Crippen LogP) is 0.465. The highest BCUT2D eigenvalue weighted by atomic mass is 32.2. The summed E-state index contributed by atoms with van der Waals surface area (Å²) in [4.78, 5) is 1.94. The molecule has 1 aromatic heterocycles. The fraction of sp³-hybridized carbons (Fsp3) is 0.769. The number of aromatic nitrogens is 2. The lowest BCUT2D eigenvalue weighted by atomic mass is 10.0. The minimum absolute atomic E-state index is 0.116. The molecule has 0 saturated heterocycles. The lowest BCUT2D eigenvalue weighted by Gasteiger charge is -2.23. The highest BCUT2D eigenvalue weighted by Gasteiger charge is 2.27. The van der Waals surface area contributed by atoms with E-state index in [2.05, 4.69) is 28.8 Å². The molecule has 0 fully saturated rings. The first-order chi connectivity index (χ1) is 9.67. The summed E-state index contributed by atoms with van der Waals surface area (Å²) in [5.41, 5.74) is 0.876. The number of sulfonamides is 1. The second-order valence-corrected chi connectivity index (χ2v) is 7.63. The van der Waals surface area contributed by atoms with Crippen molar-refractivity contribution in [1.82, 2.24) is 19.8 Å². The van der Waals surface area contributed by atoms with Crippen molar-refractivity contribution in [2.24, 2.45) is 5.92 Å². The molecule has 0 saturated carbocycles. The topological polar surface area (TPSA) is 98.3 Å². The van der Waals surface area contributed by atoms with Crippen LogP contribution in [-0.4, -0.2) is 55.3 Å². The highest BCUT2D eigenvalue weighted by molar-refractivity contribution is 7.89. The Bertz CT molecular complexity index is 542. The van der Waals surface area contributed by atoms with Gasteiger partial charge in [0.25, 0.3) is 10.0 Å². The zero-order valence-electron chi connectivity index (χ0n) is 13.3. The Morgan fingerprint density at radius 1 is 1.38 bits per heavy atom. The van der Waals surface area contributed by atoms with Crippen LogP contribution in [0.5, 0.6) is 0 Å². The number of aliphatic hydroxyl groups excluding tert-OH is 1. The first-order valence-corrected chi connectivity index (χ1v) is 8.47. The van der Waals surface area contributed by atoms with Crippen molar-refractivity contribution in [2.45, 2.75) is 44.9 Å². The van der Waals surface area contributed by atoms with Gasteiger partial charge in [-0.05, 0) is 33.4 Å². The lowest BCUT2D eigenvalue weighted by molar-refractivity contribution is 0.277. The van der Waals surface area contributed by atoms with E-state index in [0.29, 0.717) is 23.7 Å². The number of nitrogens with one attached hydrogen (secondary N) is 2. The molecule has 0 aliphatic heterocycles. The number of likely N-dealkylation sites (N-methyl/N-ethyl adjacent to an activating group) is 1. The summed E-state index contributed by atoms with van der Waals surface area (Å²) in [5.74, 6) is 0.371. The van der Waals surface area contributed by atoms with Crippen LogP contribution in [0.25, 0.3) is 0 Å². The standard InChI is InChI=1S/C13H26N4O3S/c1-9(2)6-11(7-17(4)5)16-21(19,20)13-12(8-18)10(3)14-15-13/h9,11,16,18H,6-8H2,1-5H3,(H,14,15). The summed E-state index contributed by atoms with van der Waals surface area (Å²) in [6.07, 6.45) is 0.731. The average molecular weight is 318 g/mol. The van der Waals surface area contributed by atoms with Crippen molar-refractivity contribution in [3.05, 3.63) is 11.3 Å². The van der Waals surface area contributed by atoms with Gasteiger partial charge in [-0.1, -0.05) is 13.8 Å². The van der Waals surface area contributed by atoms with Crippen LogP contribution in [0.2, 0.25) is 0 Å². The van der Waals surface area contributed by atoms with E-state index in [4.69, 9.17) is 0 Å². The first-order valence-electron chi connectivity index (χ1n) is 6.99. The Morgan fingerprint density at radius 2 is 2.00 bits per heavy atom. The maximum absolute atomic E-state index is 12.5. The Balaban J connectivity index is 2.99. The van der Waals surface area contributed by atoms with Crippen LogP contribution in [-0.2, 0) is 16.6 Å². The van der Waals surface area contributed by atoms with Crippen molar-refractivity contribution in [3.63, 3.8) is 0 Å². The smallest absolute Gasteiger partial charge is 0.260 e. The molecule has 8 heteroatoms. The largest absolute Gasteiger partial charge is 0.392 e. The number of rotatable bonds is 8. The van der Waals surface area contributed by atoms with Gasteiger partial charge < -0.3 is 10.0 Å². The third kappa shape index (κ3) is 5.06. The zero-order valence-corrected chi connectivity index (χ0v) is 14.2. The molecule has 0 spiro atoms. The number of hydrogen-bond donors (Lipinski definition) is 3. The molecule has 122 valence electrons. The highest BCUT2D eigenvalue weighted by Crippen LogP contribution is 2.17. The maximum Gasteiger partial charge on any atom is 0.260 e. The third-order valence-electron chi connectivity index (χ3n) is 3.11. The molecule has 21 heavy (non-hydrogen) atoms. The summed E-state index contributed by atoms with van der Waals surface area (Å²) in [6.45, 7) is 6.03. The van der Waals surface area contributed by atoms with Gasteiger partial charge in [0, 0.05) is 23.8 Å². The fourth-order valence-electron chi connectivity index (χ4n) is 2.28. The Labute approximate surface area is 126 Å². The van der Waals surface area contributed by atoms with Gasteiger partial charge in [0.05, 0.1) is 6.61 Å². The van der Waals surface area contributed by atoms with Crippen LogP contribution >= 0.6 is 0 Å². The lowest BCUT2D eigenvalue weighted by Crippen LogP contribution is -2.42. The van der Waals surface area contributed by atoms with Gasteiger partial charge in [0.15, 0.2) is 5.03 Å². The van der Waals surface area contributed by atoms with Crippen molar-refractivity contribution < 1.29 is 13.5 Å². The van der Waals surface area contributed by atoms with Gasteiger partial charge in [0.2, 0.25) is 0 Å². The summed E-state index contributed by atoms with van der Waals surface area (Å²) < 4.78 is 27.6. The van der Waals surface area contributed by atoms with E-state index in [0.717, 1.165) is 6.42 Å². The van der Waals surface area contributed by atoms with Gasteiger partial charge in [-0.25, -0.2) is 13.1 Å². The number of H-pyrrole nitrogens is 1. The molecule has 0 amide bonds. The number of nitrogens with zero attached hydrogens (tertiary/aromatic N) is 2. The normalized spacial score (nSPS) is 14.1. The van der Waals surface area contributed by atoms with Crippen LogP contribution in [0.15, 0.2) is 5.03 Å². The molecule has 0 aliphatic rings. The van der Waals surface area contributed by atoms with Gasteiger partial charge in [0.1, 0.15) is 0 Å². The number of aliphatic hydroxyl groups is 1. The van der Waals surface area contributed by atoms with Gasteiger partial charge in [-0.3, -0.25) is 5.10 Å². The van der Waals surface area contributed by atoms with E-state index in [1.54, 1.807) is 6.92 Å². The number of aryl methyl sites for hydroxylation is 1. The minimum Gasteiger partial charge on any atom is -0.392 e. The molecule has 3 N–H and O–H groups in total. The second-order valence-electron chi connectivity index (χ2n) is 6.00. The molecule has 0 bridgehead atoms. The molecule has 0 aromatic carbocycles. The van der Waals surface area contributed by atoms with E-state index in [1.165, 1.54) is 0 Å². The Hall–Kier alpha value is -0.960. The molecule has 1 atom stereocenters. The molecule has 1 unspecified atom stereocenters. The number of aromatic amines is 1. The Morgan fingerprint density at radius 3 is 2.48 bits per heavy atom. The summed E-state index contributed by atoms with van der Waals surface area (Å²) in [7, 11) is 0.0528. The van der Waals surface area contributed by atoms with Crippen LogP contribution in [0.3, 0.4) is 0 Å². The van der Waals surface area contributed by atoms with Crippen molar-refractivity contribution in [1.29, 1.82) is 0 Å². The monoisotopic (exact) mass is 318 g/mol. The van der Waals surface area contributed by atoms with Crippen LogP contribution in [0.1, 0.15) is 31.5 Å². The average Bonchev–Trinajstić information content (AvgIpc) is 2.68. The third-order valence-corrected chi connectivity index (χ3v) is 4.60. The number of hydrogen-bond acceptors (Lipinski definition) is 5. The summed E-state index contributed by atoms with van der Waals surface area (Å²) in [6, 6.07) is -0.200. The van der Waals surface area contributed by atoms with E-state index < -0.39 is 10.0 Å². The van der Waals surface area contributed by atoms with Crippen molar-refractivity contribution >= 4 is 10.0 Å². The molecule has 7 nitrogen and oxygen atoms in total. The summed E-state index contributed by atoms with van der Waals surface area (Å²) in [5, 5.41) is 15.6. The van der Waals surface area contributed by atoms with Crippen LogP contribution in [0.4, 0.5) is 0 Å². The van der Waals surface area contributed by atoms with E-state index in [9.17, 15) is 13.5 Å². The molecule has 1 heterocycles. The van der Waals surface area contributed by atoms with Crippen molar-refractivity contribution in [2.75, 3.05) is 20.6 Å². The molecular weight excluding hydrogens is 292 g/mol. The second kappa shape index (κ2) is 7.35. The van der Waals surface area contributed by atoms with Gasteiger partial charge in [-0.15, -0.1) is 0 Å². The van der Waals surface area contributed by atoms with Gasteiger partial charge in [-0.2, -0.15) is 5.10 Å². The van der Waals surface area contributed by atoms with Crippen molar-refractivity contribution in [3.8, 4) is 0 Å². The fourth-order valence-corrected chi connectivity index (χ4v) is 3.71. The predicted molar refractivity (Wildman–Crippen MR) is 81.4 cm³/mol. The maximum atomic E-state index is 12.5. The molecular formula is C13H26N4O3S. The zero-order chi connectivity index (χ0) is 16.2. The molecule has 1 rings (SSSR count). The van der Waals surface area contributed by atoms with Crippen LogP contribution in [0, 0.1) is 12.8 Å². The molecule has 1 aromatic rings. The Kier molecular flexibility index (Phi) is 6.33. The SMILES string of the molecule is Cc1[nH]nc(S(=O)(=O)NC(CC(C)C)CN(C)C)c1CO.